The van der Waals surface area contributed by atoms with E-state index in [2.05, 4.69) is 60.1 Å². The van der Waals surface area contributed by atoms with E-state index < -0.39 is 0 Å². The van der Waals surface area contributed by atoms with Gasteiger partial charge in [-0.3, -0.25) is 0 Å². The number of aryl methyl sites for hydroxylation is 2. The zero-order valence-electron chi connectivity index (χ0n) is 17.7. The van der Waals surface area contributed by atoms with Gasteiger partial charge in [-0.1, -0.05) is 13.8 Å². The number of hydrogen-bond acceptors (Lipinski definition) is 4. The lowest BCUT2D eigenvalue weighted by Gasteiger charge is -2.34. The van der Waals surface area contributed by atoms with Gasteiger partial charge in [-0.2, -0.15) is 0 Å². The number of aliphatic imine (C=N–C) groups is 1. The summed E-state index contributed by atoms with van der Waals surface area (Å²) >= 11 is 1.74. The Hall–Kier alpha value is -0.410. The van der Waals surface area contributed by atoms with E-state index >= 15 is 0 Å². The van der Waals surface area contributed by atoms with Crippen LogP contribution >= 0.6 is 35.3 Å². The minimum atomic E-state index is 0. The van der Waals surface area contributed by atoms with E-state index in [9.17, 15) is 0 Å². The molecule has 0 aliphatic carbocycles. The molecule has 2 rings (SSSR count). The van der Waals surface area contributed by atoms with Crippen molar-refractivity contribution in [2.75, 3.05) is 32.7 Å². The SMILES string of the molecule is CCNC(=NCc1nc(C)c(C)s1)NCCCCN1CC(C)CC(C)C1.I. The van der Waals surface area contributed by atoms with Gasteiger partial charge in [0.25, 0.3) is 0 Å². The number of halogens is 1. The Bertz CT molecular complexity index is 545. The van der Waals surface area contributed by atoms with Crippen LogP contribution < -0.4 is 10.6 Å². The van der Waals surface area contributed by atoms with Crippen LogP contribution in [0.25, 0.3) is 0 Å². The molecule has 0 saturated carbocycles. The summed E-state index contributed by atoms with van der Waals surface area (Å²) in [6.45, 7) is 17.3. The van der Waals surface area contributed by atoms with Crippen molar-refractivity contribution in [3.05, 3.63) is 15.6 Å². The topological polar surface area (TPSA) is 52.6 Å². The lowest BCUT2D eigenvalue weighted by Crippen LogP contribution is -2.40. The first-order valence-electron chi connectivity index (χ1n) is 10.1. The summed E-state index contributed by atoms with van der Waals surface area (Å²) in [6.07, 6.45) is 3.81. The number of hydrogen-bond donors (Lipinski definition) is 2. The van der Waals surface area contributed by atoms with E-state index in [1.807, 2.05) is 0 Å². The van der Waals surface area contributed by atoms with Gasteiger partial charge in [0.15, 0.2) is 5.96 Å². The largest absolute Gasteiger partial charge is 0.357 e. The second-order valence-electron chi connectivity index (χ2n) is 7.78. The van der Waals surface area contributed by atoms with Crippen LogP contribution in [0, 0.1) is 25.7 Å². The van der Waals surface area contributed by atoms with E-state index in [0.717, 1.165) is 41.6 Å². The summed E-state index contributed by atoms with van der Waals surface area (Å²) in [5.41, 5.74) is 1.12. The van der Waals surface area contributed by atoms with E-state index in [1.54, 1.807) is 11.3 Å². The Morgan fingerprint density at radius 2 is 1.89 bits per heavy atom. The number of piperidine rings is 1. The lowest BCUT2D eigenvalue weighted by atomic mass is 9.92. The summed E-state index contributed by atoms with van der Waals surface area (Å²) in [5.74, 6) is 2.60. The molecule has 0 bridgehead atoms. The highest BCUT2D eigenvalue weighted by atomic mass is 127. The fourth-order valence-corrected chi connectivity index (χ4v) is 4.60. The Labute approximate surface area is 186 Å². The summed E-state index contributed by atoms with van der Waals surface area (Å²) in [5, 5.41) is 7.88. The molecular weight excluding hydrogens is 469 g/mol. The van der Waals surface area contributed by atoms with Crippen molar-refractivity contribution in [3.63, 3.8) is 0 Å². The van der Waals surface area contributed by atoms with Gasteiger partial charge in [0.1, 0.15) is 5.01 Å². The van der Waals surface area contributed by atoms with Crippen molar-refractivity contribution in [3.8, 4) is 0 Å². The molecule has 1 fully saturated rings. The molecule has 0 amide bonds. The Kier molecular flexibility index (Phi) is 11.8. The molecule has 0 spiro atoms. The molecule has 2 heterocycles. The predicted octanol–water partition coefficient (Wildman–Crippen LogP) is 4.19. The zero-order valence-corrected chi connectivity index (χ0v) is 20.8. The van der Waals surface area contributed by atoms with Gasteiger partial charge >= 0.3 is 0 Å². The molecule has 0 aromatic carbocycles. The zero-order chi connectivity index (χ0) is 18.9. The van der Waals surface area contributed by atoms with Gasteiger partial charge in [0, 0.05) is 31.1 Å². The fourth-order valence-electron chi connectivity index (χ4n) is 3.74. The molecule has 2 unspecified atom stereocenters. The Morgan fingerprint density at radius 3 is 2.48 bits per heavy atom. The molecule has 1 aliphatic heterocycles. The highest BCUT2D eigenvalue weighted by Gasteiger charge is 2.20. The molecule has 1 aromatic heterocycles. The molecule has 27 heavy (non-hydrogen) atoms. The molecule has 156 valence electrons. The first kappa shape index (κ1) is 24.6. The van der Waals surface area contributed by atoms with Gasteiger partial charge < -0.3 is 15.5 Å². The second-order valence-corrected chi connectivity index (χ2v) is 9.07. The van der Waals surface area contributed by atoms with Gasteiger partial charge in [-0.05, 0) is 58.4 Å². The van der Waals surface area contributed by atoms with Crippen LogP contribution in [0.1, 0.15) is 55.6 Å². The van der Waals surface area contributed by atoms with Crippen molar-refractivity contribution < 1.29 is 0 Å². The Balaban J connectivity index is 0.00000364. The number of unbranched alkanes of at least 4 members (excludes halogenated alkanes) is 1. The highest BCUT2D eigenvalue weighted by Crippen LogP contribution is 2.21. The maximum Gasteiger partial charge on any atom is 0.191 e. The van der Waals surface area contributed by atoms with Crippen LogP contribution in [0.2, 0.25) is 0 Å². The van der Waals surface area contributed by atoms with Crippen LogP contribution in [0.3, 0.4) is 0 Å². The first-order chi connectivity index (χ1) is 12.5. The van der Waals surface area contributed by atoms with Crippen molar-refractivity contribution in [2.45, 2.75) is 60.4 Å². The smallest absolute Gasteiger partial charge is 0.191 e. The third kappa shape index (κ3) is 9.09. The predicted molar refractivity (Wildman–Crippen MR) is 128 cm³/mol. The highest BCUT2D eigenvalue weighted by molar-refractivity contribution is 14.0. The van der Waals surface area contributed by atoms with Crippen molar-refractivity contribution in [2.24, 2.45) is 16.8 Å². The van der Waals surface area contributed by atoms with E-state index in [1.165, 1.54) is 43.8 Å². The lowest BCUT2D eigenvalue weighted by molar-refractivity contribution is 0.139. The van der Waals surface area contributed by atoms with Gasteiger partial charge in [0.05, 0.1) is 12.2 Å². The number of thiazole rings is 1. The van der Waals surface area contributed by atoms with E-state index in [-0.39, 0.29) is 24.0 Å². The average Bonchev–Trinajstić information content (AvgIpc) is 2.89. The molecule has 1 aliphatic rings. The van der Waals surface area contributed by atoms with Crippen molar-refractivity contribution in [1.82, 2.24) is 20.5 Å². The van der Waals surface area contributed by atoms with Crippen LogP contribution in [-0.4, -0.2) is 48.6 Å². The van der Waals surface area contributed by atoms with Gasteiger partial charge in [0.2, 0.25) is 0 Å². The summed E-state index contributed by atoms with van der Waals surface area (Å²) in [4.78, 5) is 13.2. The number of nitrogens with zero attached hydrogens (tertiary/aromatic N) is 3. The van der Waals surface area contributed by atoms with Crippen LogP contribution in [0.5, 0.6) is 0 Å². The van der Waals surface area contributed by atoms with Gasteiger partial charge in [-0.25, -0.2) is 9.98 Å². The van der Waals surface area contributed by atoms with Crippen LogP contribution in [-0.2, 0) is 6.54 Å². The molecule has 1 aromatic rings. The summed E-state index contributed by atoms with van der Waals surface area (Å²) in [7, 11) is 0. The van der Waals surface area contributed by atoms with Crippen molar-refractivity contribution in [1.29, 1.82) is 0 Å². The molecule has 2 atom stereocenters. The fraction of sp³-hybridized carbons (Fsp3) is 0.800. The molecule has 7 heteroatoms. The minimum absolute atomic E-state index is 0. The average molecular weight is 508 g/mol. The van der Waals surface area contributed by atoms with Crippen LogP contribution in [0.15, 0.2) is 4.99 Å². The minimum Gasteiger partial charge on any atom is -0.357 e. The van der Waals surface area contributed by atoms with E-state index in [4.69, 9.17) is 0 Å². The van der Waals surface area contributed by atoms with Gasteiger partial charge in [-0.15, -0.1) is 35.3 Å². The standard InChI is InChI=1S/C20H37N5S.HI/c1-6-21-20(23-12-19-24-17(4)18(5)26-19)22-9-7-8-10-25-13-15(2)11-16(3)14-25;/h15-16H,6-14H2,1-5H3,(H2,21,22,23);1H. The summed E-state index contributed by atoms with van der Waals surface area (Å²) in [6, 6.07) is 0. The molecule has 5 nitrogen and oxygen atoms in total. The monoisotopic (exact) mass is 507 g/mol. The van der Waals surface area contributed by atoms with Crippen LogP contribution in [0.4, 0.5) is 0 Å². The second kappa shape index (κ2) is 12.9. The molecule has 2 N–H and O–H groups in total. The van der Waals surface area contributed by atoms with Crippen molar-refractivity contribution >= 4 is 41.3 Å². The quantitative estimate of drug-likeness (QED) is 0.240. The third-order valence-corrected chi connectivity index (χ3v) is 5.99. The first-order valence-corrected chi connectivity index (χ1v) is 11.0. The summed E-state index contributed by atoms with van der Waals surface area (Å²) < 4.78 is 0. The number of likely N-dealkylation sites (tertiary alicyclic amines) is 1. The number of rotatable bonds is 8. The number of guanidine groups is 1. The number of aromatic nitrogens is 1. The maximum absolute atomic E-state index is 4.68. The molecule has 0 radical (unpaired) electrons. The molecular formula is C20H38IN5S. The Morgan fingerprint density at radius 1 is 1.19 bits per heavy atom. The maximum atomic E-state index is 4.68. The third-order valence-electron chi connectivity index (χ3n) is 4.93. The van der Waals surface area contributed by atoms with E-state index in [0.29, 0.717) is 6.54 Å². The number of nitrogens with one attached hydrogen (secondary N) is 2. The molecule has 1 saturated heterocycles. The normalized spacial score (nSPS) is 21.0.